The summed E-state index contributed by atoms with van der Waals surface area (Å²) in [5.74, 6) is 0.822. The number of hydrogen-bond donors (Lipinski definition) is 1. The third-order valence-electron chi connectivity index (χ3n) is 4.89. The minimum atomic E-state index is 0.788. The largest absolute Gasteiger partial charge is 0.399 e. The highest BCUT2D eigenvalue weighted by molar-refractivity contribution is 6.31. The summed E-state index contributed by atoms with van der Waals surface area (Å²) in [6, 6.07) is 6.58. The number of likely N-dealkylation sites (tertiary alicyclic amines) is 2. The van der Waals surface area contributed by atoms with Gasteiger partial charge in [-0.1, -0.05) is 11.6 Å². The molecule has 0 bridgehead atoms. The fourth-order valence-corrected chi connectivity index (χ4v) is 4.01. The zero-order chi connectivity index (χ0) is 14.1. The number of fused-ring (bicyclic) bond motifs is 1. The van der Waals surface area contributed by atoms with E-state index in [1.54, 1.807) is 0 Å². The normalized spacial score (nSPS) is 28.3. The average molecular weight is 294 g/mol. The first kappa shape index (κ1) is 14.2. The molecule has 2 aliphatic heterocycles. The summed E-state index contributed by atoms with van der Waals surface area (Å²) in [6.45, 7) is 4.55. The Balaban J connectivity index is 1.66. The number of nitrogens with zero attached hydrogens (tertiary/aromatic N) is 2. The fraction of sp³-hybridized carbons (Fsp3) is 0.625. The molecule has 0 amide bonds. The molecule has 2 aliphatic rings. The van der Waals surface area contributed by atoms with Crippen LogP contribution in [0.5, 0.6) is 0 Å². The summed E-state index contributed by atoms with van der Waals surface area (Å²) >= 11 is 6.29. The highest BCUT2D eigenvalue weighted by Gasteiger charge is 2.34. The highest BCUT2D eigenvalue weighted by atomic mass is 35.5. The van der Waals surface area contributed by atoms with Gasteiger partial charge >= 0.3 is 0 Å². The fourth-order valence-electron chi connectivity index (χ4n) is 3.83. The molecular weight excluding hydrogens is 270 g/mol. The first-order valence-corrected chi connectivity index (χ1v) is 7.98. The summed E-state index contributed by atoms with van der Waals surface area (Å²) in [6.07, 6.45) is 3.99. The van der Waals surface area contributed by atoms with Crippen molar-refractivity contribution in [1.82, 2.24) is 9.80 Å². The summed E-state index contributed by atoms with van der Waals surface area (Å²) < 4.78 is 0. The molecule has 2 heterocycles. The Morgan fingerprint density at radius 3 is 3.00 bits per heavy atom. The first-order chi connectivity index (χ1) is 9.63. The molecule has 3 rings (SSSR count). The van der Waals surface area contributed by atoms with Gasteiger partial charge in [0.05, 0.1) is 0 Å². The van der Waals surface area contributed by atoms with E-state index < -0.39 is 0 Å². The van der Waals surface area contributed by atoms with Gasteiger partial charge in [-0.05, 0) is 69.1 Å². The number of benzene rings is 1. The van der Waals surface area contributed by atoms with Crippen LogP contribution in [0.1, 0.15) is 24.8 Å². The van der Waals surface area contributed by atoms with Gasteiger partial charge in [0.2, 0.25) is 0 Å². The van der Waals surface area contributed by atoms with Crippen molar-refractivity contribution in [2.75, 3.05) is 32.4 Å². The Labute approximate surface area is 126 Å². The van der Waals surface area contributed by atoms with Gasteiger partial charge in [0.1, 0.15) is 0 Å². The SMILES string of the molecule is CN1CCCC2CN(Cc3cc(N)ccc3Cl)CCC21. The van der Waals surface area contributed by atoms with Gasteiger partial charge in [0.25, 0.3) is 0 Å². The van der Waals surface area contributed by atoms with E-state index in [0.29, 0.717) is 0 Å². The van der Waals surface area contributed by atoms with Gasteiger partial charge < -0.3 is 10.6 Å². The monoisotopic (exact) mass is 293 g/mol. The number of nitrogen functional groups attached to an aromatic ring is 1. The maximum atomic E-state index is 6.29. The van der Waals surface area contributed by atoms with Crippen LogP contribution >= 0.6 is 11.6 Å². The summed E-state index contributed by atoms with van der Waals surface area (Å²) in [5, 5.41) is 0.835. The van der Waals surface area contributed by atoms with E-state index in [2.05, 4.69) is 16.8 Å². The number of rotatable bonds is 2. The molecule has 4 heteroatoms. The molecule has 0 aliphatic carbocycles. The quantitative estimate of drug-likeness (QED) is 0.851. The van der Waals surface area contributed by atoms with Crippen molar-refractivity contribution in [3.8, 4) is 0 Å². The predicted molar refractivity (Wildman–Crippen MR) is 84.9 cm³/mol. The second-order valence-corrected chi connectivity index (χ2v) is 6.73. The van der Waals surface area contributed by atoms with Crippen LogP contribution in [0.2, 0.25) is 5.02 Å². The number of nitrogens with two attached hydrogens (primary N) is 1. The van der Waals surface area contributed by atoms with Crippen LogP contribution in [-0.2, 0) is 6.54 Å². The van der Waals surface area contributed by atoms with Crippen molar-refractivity contribution < 1.29 is 0 Å². The predicted octanol–water partition coefficient (Wildman–Crippen LogP) is 2.84. The van der Waals surface area contributed by atoms with Crippen molar-refractivity contribution in [2.45, 2.75) is 31.8 Å². The van der Waals surface area contributed by atoms with Crippen LogP contribution in [0.15, 0.2) is 18.2 Å². The number of anilines is 1. The van der Waals surface area contributed by atoms with E-state index in [1.807, 2.05) is 18.2 Å². The summed E-state index contributed by atoms with van der Waals surface area (Å²) in [4.78, 5) is 5.10. The minimum Gasteiger partial charge on any atom is -0.399 e. The molecule has 2 N–H and O–H groups in total. The molecule has 3 nitrogen and oxygen atoms in total. The van der Waals surface area contributed by atoms with Crippen molar-refractivity contribution in [1.29, 1.82) is 0 Å². The zero-order valence-corrected chi connectivity index (χ0v) is 12.9. The van der Waals surface area contributed by atoms with Gasteiger partial charge in [0.15, 0.2) is 0 Å². The molecule has 1 aromatic carbocycles. The molecule has 1 aromatic rings. The topological polar surface area (TPSA) is 32.5 Å². The van der Waals surface area contributed by atoms with Crippen LogP contribution in [0, 0.1) is 5.92 Å². The molecule has 0 radical (unpaired) electrons. The van der Waals surface area contributed by atoms with Crippen LogP contribution in [0.25, 0.3) is 0 Å². The van der Waals surface area contributed by atoms with Crippen LogP contribution in [0.4, 0.5) is 5.69 Å². The lowest BCUT2D eigenvalue weighted by Crippen LogP contribution is -2.52. The van der Waals surface area contributed by atoms with Crippen molar-refractivity contribution >= 4 is 17.3 Å². The standard InChI is InChI=1S/C16H24ClN3/c1-19-7-2-3-12-10-20(8-6-16(12)19)11-13-9-14(18)4-5-15(13)17/h4-5,9,12,16H,2-3,6-8,10-11,18H2,1H3. The first-order valence-electron chi connectivity index (χ1n) is 7.60. The molecule has 2 saturated heterocycles. The Bertz CT molecular complexity index is 477. The molecule has 20 heavy (non-hydrogen) atoms. The molecule has 2 atom stereocenters. The third kappa shape index (κ3) is 2.95. The van der Waals surface area contributed by atoms with Gasteiger partial charge in [-0.25, -0.2) is 0 Å². The number of piperidine rings is 2. The van der Waals surface area contributed by atoms with Crippen molar-refractivity contribution in [2.24, 2.45) is 5.92 Å². The molecule has 0 spiro atoms. The Hall–Kier alpha value is -0.770. The molecule has 2 unspecified atom stereocenters. The van der Waals surface area contributed by atoms with E-state index in [0.717, 1.165) is 41.3 Å². The molecule has 0 saturated carbocycles. The summed E-state index contributed by atoms with van der Waals surface area (Å²) in [5.41, 5.74) is 7.84. The van der Waals surface area contributed by atoms with Crippen LogP contribution in [-0.4, -0.2) is 42.5 Å². The highest BCUT2D eigenvalue weighted by Crippen LogP contribution is 2.31. The van der Waals surface area contributed by atoms with Gasteiger partial charge in [-0.15, -0.1) is 0 Å². The Kier molecular flexibility index (Phi) is 4.20. The lowest BCUT2D eigenvalue weighted by atomic mass is 9.84. The Morgan fingerprint density at radius 2 is 2.15 bits per heavy atom. The summed E-state index contributed by atoms with van der Waals surface area (Å²) in [7, 11) is 2.28. The van der Waals surface area contributed by atoms with Crippen LogP contribution in [0.3, 0.4) is 0 Å². The minimum absolute atomic E-state index is 0.788. The average Bonchev–Trinajstić information content (AvgIpc) is 2.43. The maximum Gasteiger partial charge on any atom is 0.0452 e. The van der Waals surface area contributed by atoms with E-state index in [4.69, 9.17) is 17.3 Å². The third-order valence-corrected chi connectivity index (χ3v) is 5.26. The lowest BCUT2D eigenvalue weighted by Gasteiger charge is -2.46. The Morgan fingerprint density at radius 1 is 1.30 bits per heavy atom. The lowest BCUT2D eigenvalue weighted by molar-refractivity contribution is 0.0355. The van der Waals surface area contributed by atoms with Gasteiger partial charge in [-0.3, -0.25) is 4.90 Å². The van der Waals surface area contributed by atoms with Crippen LogP contribution < -0.4 is 5.73 Å². The number of hydrogen-bond acceptors (Lipinski definition) is 3. The number of halogens is 1. The maximum absolute atomic E-state index is 6.29. The second kappa shape index (κ2) is 5.92. The van der Waals surface area contributed by atoms with Gasteiger partial charge in [0, 0.05) is 29.8 Å². The van der Waals surface area contributed by atoms with Crippen molar-refractivity contribution in [3.05, 3.63) is 28.8 Å². The van der Waals surface area contributed by atoms with E-state index >= 15 is 0 Å². The second-order valence-electron chi connectivity index (χ2n) is 6.32. The zero-order valence-electron chi connectivity index (χ0n) is 12.2. The van der Waals surface area contributed by atoms with E-state index in [-0.39, 0.29) is 0 Å². The molecule has 2 fully saturated rings. The molecular formula is C16H24ClN3. The molecule has 110 valence electrons. The van der Waals surface area contributed by atoms with E-state index in [1.165, 1.54) is 32.4 Å². The molecule has 0 aromatic heterocycles. The van der Waals surface area contributed by atoms with Gasteiger partial charge in [-0.2, -0.15) is 0 Å². The van der Waals surface area contributed by atoms with E-state index in [9.17, 15) is 0 Å². The van der Waals surface area contributed by atoms with Crippen molar-refractivity contribution in [3.63, 3.8) is 0 Å². The smallest absolute Gasteiger partial charge is 0.0452 e.